The monoisotopic (exact) mass is 278 g/mol. The third kappa shape index (κ3) is 2.96. The van der Waals surface area contributed by atoms with Gasteiger partial charge in [0.15, 0.2) is 0 Å². The van der Waals surface area contributed by atoms with Gasteiger partial charge in [-0.05, 0) is 12.0 Å². The van der Waals surface area contributed by atoms with E-state index in [9.17, 15) is 9.90 Å². The molecule has 0 aliphatic rings. The first kappa shape index (κ1) is 13.6. The van der Waals surface area contributed by atoms with Crippen LogP contribution in [0.5, 0.6) is 0 Å². The van der Waals surface area contributed by atoms with Crippen molar-refractivity contribution in [3.05, 3.63) is 52.3 Å². The van der Waals surface area contributed by atoms with Gasteiger partial charge in [-0.2, -0.15) is 5.10 Å². The minimum Gasteiger partial charge on any atom is -0.478 e. The number of aryl methyl sites for hydroxylation is 1. The molecule has 2 rings (SSSR count). The molecule has 0 atom stereocenters. The van der Waals surface area contributed by atoms with Gasteiger partial charge in [0.1, 0.15) is 10.7 Å². The maximum Gasteiger partial charge on any atom is 0.340 e. The van der Waals surface area contributed by atoms with E-state index in [2.05, 4.69) is 5.10 Å². The Bertz CT molecular complexity index is 579. The molecule has 1 aromatic heterocycles. The number of aromatic carboxylic acids is 1. The highest BCUT2D eigenvalue weighted by atomic mass is 35.5. The third-order valence-corrected chi connectivity index (χ3v) is 3.22. The van der Waals surface area contributed by atoms with Crippen molar-refractivity contribution < 1.29 is 9.90 Å². The standard InChI is InChI=1S/C14H15ClN2O2/c1-2-6-11-12(14(18)19)13(15)17(16-11)9-10-7-4-3-5-8-10/h3-5,7-8H,2,6,9H2,1H3,(H,18,19). The van der Waals surface area contributed by atoms with Crippen LogP contribution in [0, 0.1) is 0 Å². The highest BCUT2D eigenvalue weighted by molar-refractivity contribution is 6.32. The van der Waals surface area contributed by atoms with Crippen LogP contribution in [0.1, 0.15) is 35.0 Å². The van der Waals surface area contributed by atoms with Gasteiger partial charge in [0.2, 0.25) is 0 Å². The predicted molar refractivity (Wildman–Crippen MR) is 73.7 cm³/mol. The molecule has 0 unspecified atom stereocenters. The number of carboxylic acids is 1. The summed E-state index contributed by atoms with van der Waals surface area (Å²) in [6.45, 7) is 2.46. The highest BCUT2D eigenvalue weighted by Crippen LogP contribution is 2.22. The Morgan fingerprint density at radius 1 is 1.37 bits per heavy atom. The highest BCUT2D eigenvalue weighted by Gasteiger charge is 2.21. The van der Waals surface area contributed by atoms with Gasteiger partial charge in [0, 0.05) is 0 Å². The summed E-state index contributed by atoms with van der Waals surface area (Å²) in [6.07, 6.45) is 1.45. The summed E-state index contributed by atoms with van der Waals surface area (Å²) in [7, 11) is 0. The van der Waals surface area contributed by atoms with Crippen LogP contribution in [0.3, 0.4) is 0 Å². The van der Waals surface area contributed by atoms with Crippen molar-refractivity contribution in [2.75, 3.05) is 0 Å². The van der Waals surface area contributed by atoms with Crippen LogP contribution in [-0.2, 0) is 13.0 Å². The van der Waals surface area contributed by atoms with E-state index in [0.29, 0.717) is 18.7 Å². The molecular weight excluding hydrogens is 264 g/mol. The molecule has 0 aliphatic carbocycles. The molecule has 5 heteroatoms. The van der Waals surface area contributed by atoms with E-state index in [1.807, 2.05) is 37.3 Å². The summed E-state index contributed by atoms with van der Waals surface area (Å²) in [5.41, 5.74) is 1.71. The SMILES string of the molecule is CCCc1nn(Cc2ccccc2)c(Cl)c1C(=O)O. The molecule has 1 N–H and O–H groups in total. The number of carboxylic acid groups (broad SMARTS) is 1. The molecule has 0 radical (unpaired) electrons. The Morgan fingerprint density at radius 3 is 2.63 bits per heavy atom. The second kappa shape index (κ2) is 5.89. The van der Waals surface area contributed by atoms with Gasteiger partial charge in [0.25, 0.3) is 0 Å². The van der Waals surface area contributed by atoms with Gasteiger partial charge >= 0.3 is 5.97 Å². The average molecular weight is 279 g/mol. The number of carbonyl (C=O) groups is 1. The predicted octanol–water partition coefficient (Wildman–Crippen LogP) is 3.24. The average Bonchev–Trinajstić information content (AvgIpc) is 2.68. The zero-order valence-electron chi connectivity index (χ0n) is 10.6. The summed E-state index contributed by atoms with van der Waals surface area (Å²) in [5.74, 6) is -1.02. The van der Waals surface area contributed by atoms with Crippen molar-refractivity contribution in [1.29, 1.82) is 0 Å². The van der Waals surface area contributed by atoms with Gasteiger partial charge in [-0.15, -0.1) is 0 Å². The molecule has 19 heavy (non-hydrogen) atoms. The first-order valence-electron chi connectivity index (χ1n) is 6.16. The molecule has 0 fully saturated rings. The summed E-state index contributed by atoms with van der Waals surface area (Å²) < 4.78 is 1.55. The van der Waals surface area contributed by atoms with Crippen molar-refractivity contribution in [1.82, 2.24) is 9.78 Å². The molecule has 0 saturated heterocycles. The summed E-state index contributed by atoms with van der Waals surface area (Å²) >= 11 is 6.13. The van der Waals surface area contributed by atoms with E-state index in [1.54, 1.807) is 4.68 Å². The zero-order chi connectivity index (χ0) is 13.8. The molecular formula is C14H15ClN2O2. The number of halogens is 1. The Labute approximate surface area is 116 Å². The third-order valence-electron chi connectivity index (χ3n) is 2.84. The number of benzene rings is 1. The van der Waals surface area contributed by atoms with Gasteiger partial charge in [0.05, 0.1) is 12.2 Å². The van der Waals surface area contributed by atoms with E-state index >= 15 is 0 Å². The molecule has 1 heterocycles. The van der Waals surface area contributed by atoms with Gasteiger partial charge in [-0.1, -0.05) is 55.3 Å². The number of aromatic nitrogens is 2. The van der Waals surface area contributed by atoms with Gasteiger partial charge < -0.3 is 5.11 Å². The molecule has 1 aromatic carbocycles. The van der Waals surface area contributed by atoms with Crippen molar-refractivity contribution in [3.63, 3.8) is 0 Å². The Balaban J connectivity index is 2.36. The van der Waals surface area contributed by atoms with Crippen molar-refractivity contribution in [2.45, 2.75) is 26.3 Å². The lowest BCUT2D eigenvalue weighted by Gasteiger charge is -2.03. The first-order valence-corrected chi connectivity index (χ1v) is 6.53. The second-order valence-corrected chi connectivity index (χ2v) is 4.67. The summed E-state index contributed by atoms with van der Waals surface area (Å²) in [4.78, 5) is 11.2. The Morgan fingerprint density at radius 2 is 2.05 bits per heavy atom. The lowest BCUT2D eigenvalue weighted by Crippen LogP contribution is -2.02. The molecule has 0 aliphatic heterocycles. The smallest absolute Gasteiger partial charge is 0.340 e. The molecule has 0 amide bonds. The number of hydrogen-bond acceptors (Lipinski definition) is 2. The van der Waals surface area contributed by atoms with E-state index in [1.165, 1.54) is 0 Å². The minimum absolute atomic E-state index is 0.124. The lowest BCUT2D eigenvalue weighted by atomic mass is 10.2. The van der Waals surface area contributed by atoms with Crippen molar-refractivity contribution in [2.24, 2.45) is 0 Å². The van der Waals surface area contributed by atoms with Crippen LogP contribution >= 0.6 is 11.6 Å². The fourth-order valence-electron chi connectivity index (χ4n) is 1.97. The molecule has 0 bridgehead atoms. The topological polar surface area (TPSA) is 55.1 Å². The minimum atomic E-state index is -1.02. The molecule has 0 spiro atoms. The van der Waals surface area contributed by atoms with E-state index in [0.717, 1.165) is 12.0 Å². The fraction of sp³-hybridized carbons (Fsp3) is 0.286. The maximum atomic E-state index is 11.2. The molecule has 4 nitrogen and oxygen atoms in total. The van der Waals surface area contributed by atoms with Gasteiger partial charge in [-0.25, -0.2) is 9.48 Å². The van der Waals surface area contributed by atoms with Gasteiger partial charge in [-0.3, -0.25) is 0 Å². The largest absolute Gasteiger partial charge is 0.478 e. The fourth-order valence-corrected chi connectivity index (χ4v) is 2.26. The van der Waals surface area contributed by atoms with E-state index < -0.39 is 5.97 Å². The zero-order valence-corrected chi connectivity index (χ0v) is 11.4. The normalized spacial score (nSPS) is 10.6. The quantitative estimate of drug-likeness (QED) is 0.913. The van der Waals surface area contributed by atoms with Crippen molar-refractivity contribution in [3.8, 4) is 0 Å². The number of nitrogens with zero attached hydrogens (tertiary/aromatic N) is 2. The second-order valence-electron chi connectivity index (χ2n) is 4.31. The summed E-state index contributed by atoms with van der Waals surface area (Å²) in [6, 6.07) is 9.70. The lowest BCUT2D eigenvalue weighted by molar-refractivity contribution is 0.0696. The molecule has 2 aromatic rings. The number of hydrogen-bond donors (Lipinski definition) is 1. The van der Waals surface area contributed by atoms with E-state index in [4.69, 9.17) is 11.6 Å². The van der Waals surface area contributed by atoms with Crippen LogP contribution < -0.4 is 0 Å². The molecule has 100 valence electrons. The number of rotatable bonds is 5. The Kier molecular flexibility index (Phi) is 4.22. The summed E-state index contributed by atoms with van der Waals surface area (Å²) in [5, 5.41) is 13.7. The van der Waals surface area contributed by atoms with Crippen LogP contribution in [0.25, 0.3) is 0 Å². The van der Waals surface area contributed by atoms with Crippen molar-refractivity contribution >= 4 is 17.6 Å². The van der Waals surface area contributed by atoms with Crippen LogP contribution in [0.15, 0.2) is 30.3 Å². The molecule has 0 saturated carbocycles. The van der Waals surface area contributed by atoms with E-state index in [-0.39, 0.29) is 10.7 Å². The van der Waals surface area contributed by atoms with Crippen LogP contribution in [0.4, 0.5) is 0 Å². The first-order chi connectivity index (χ1) is 9.13. The Hall–Kier alpha value is -1.81. The van der Waals surface area contributed by atoms with Crippen LogP contribution in [-0.4, -0.2) is 20.9 Å². The maximum absolute atomic E-state index is 11.2. The van der Waals surface area contributed by atoms with Crippen LogP contribution in [0.2, 0.25) is 5.15 Å².